The van der Waals surface area contributed by atoms with Crippen LogP contribution in [0.15, 0.2) is 35.9 Å². The van der Waals surface area contributed by atoms with E-state index in [-0.39, 0.29) is 34.6 Å². The van der Waals surface area contributed by atoms with E-state index in [0.717, 1.165) is 16.9 Å². The molecule has 1 aromatic carbocycles. The second-order valence-corrected chi connectivity index (χ2v) is 14.8. The lowest BCUT2D eigenvalue weighted by molar-refractivity contribution is -0.494. The van der Waals surface area contributed by atoms with Crippen LogP contribution in [-0.4, -0.2) is 52.3 Å². The maximum Gasteiger partial charge on any atom is 0.230 e. The first-order chi connectivity index (χ1) is 14.9. The van der Waals surface area contributed by atoms with E-state index in [2.05, 4.69) is 39.9 Å². The van der Waals surface area contributed by atoms with Crippen molar-refractivity contribution < 1.29 is 23.6 Å². The molecule has 0 saturated carbocycles. The monoisotopic (exact) mass is 465 g/mol. The van der Waals surface area contributed by atoms with Crippen LogP contribution in [0, 0.1) is 16.0 Å². The molecule has 1 aromatic rings. The first-order valence-corrected chi connectivity index (χ1v) is 14.0. The predicted molar refractivity (Wildman–Crippen MR) is 128 cm³/mol. The fraction of sp³-hybridized carbons (Fsp3) is 0.667. The van der Waals surface area contributed by atoms with E-state index < -0.39 is 14.4 Å². The summed E-state index contributed by atoms with van der Waals surface area (Å²) >= 11 is 0. The minimum atomic E-state index is -2.11. The zero-order chi connectivity index (χ0) is 24.1. The number of hydrogen-bond donors (Lipinski definition) is 0. The number of nitrogens with zero attached hydrogens (tertiary/aromatic N) is 1. The van der Waals surface area contributed by atoms with Gasteiger partial charge in [0.15, 0.2) is 8.32 Å². The molecule has 0 radical (unpaired) electrons. The standard InChI is InChI=1S/C24H39NO6Si/c1-17-9-14-20(31-32(7,8)24(2,3)4)22(21(29-6)15-25(26)27)23(17)30-16-18-10-12-19(28-5)13-11-18/h9-13,20-23H,14-16H2,1-8H3/t20-,21-,22-,23-/m1/s1. The maximum atomic E-state index is 11.4. The van der Waals surface area contributed by atoms with E-state index >= 15 is 0 Å². The molecule has 0 aromatic heterocycles. The average Bonchev–Trinajstić information content (AvgIpc) is 2.71. The molecule has 1 aliphatic rings. The number of hydrogen-bond acceptors (Lipinski definition) is 6. The molecule has 0 N–H and O–H groups in total. The van der Waals surface area contributed by atoms with Gasteiger partial charge in [0.05, 0.1) is 25.9 Å². The summed E-state index contributed by atoms with van der Waals surface area (Å²) in [6, 6.07) is 7.72. The Morgan fingerprint density at radius 2 is 1.81 bits per heavy atom. The molecule has 0 heterocycles. The van der Waals surface area contributed by atoms with E-state index in [4.69, 9.17) is 18.6 Å². The average molecular weight is 466 g/mol. The molecule has 0 amide bonds. The zero-order valence-electron chi connectivity index (χ0n) is 20.7. The Morgan fingerprint density at radius 1 is 1.19 bits per heavy atom. The van der Waals surface area contributed by atoms with Crippen LogP contribution in [0.25, 0.3) is 0 Å². The van der Waals surface area contributed by atoms with Crippen LogP contribution >= 0.6 is 0 Å². The highest BCUT2D eigenvalue weighted by Gasteiger charge is 2.47. The molecule has 0 spiro atoms. The molecule has 0 fully saturated rings. The summed E-state index contributed by atoms with van der Waals surface area (Å²) in [5, 5.41) is 11.4. The summed E-state index contributed by atoms with van der Waals surface area (Å²) in [6.07, 6.45) is 1.70. The van der Waals surface area contributed by atoms with Gasteiger partial charge in [-0.25, -0.2) is 0 Å². The molecule has 4 atom stereocenters. The minimum absolute atomic E-state index is 0.0267. The highest BCUT2D eigenvalue weighted by Crippen LogP contribution is 2.42. The Morgan fingerprint density at radius 3 is 2.31 bits per heavy atom. The quantitative estimate of drug-likeness (QED) is 0.204. The second-order valence-electron chi connectivity index (χ2n) is 10.0. The van der Waals surface area contributed by atoms with Gasteiger partial charge in [0.1, 0.15) is 11.9 Å². The van der Waals surface area contributed by atoms with Gasteiger partial charge in [-0.1, -0.05) is 39.0 Å². The van der Waals surface area contributed by atoms with Gasteiger partial charge >= 0.3 is 0 Å². The summed E-state index contributed by atoms with van der Waals surface area (Å²) in [5.41, 5.74) is 2.07. The maximum absolute atomic E-state index is 11.4. The number of nitro groups is 1. The van der Waals surface area contributed by atoms with Crippen LogP contribution in [0.3, 0.4) is 0 Å². The van der Waals surface area contributed by atoms with Crippen molar-refractivity contribution in [3.63, 3.8) is 0 Å². The summed E-state index contributed by atoms with van der Waals surface area (Å²) in [4.78, 5) is 11.1. The second kappa shape index (κ2) is 10.9. The number of rotatable bonds is 10. The highest BCUT2D eigenvalue weighted by atomic mass is 28.4. The molecular weight excluding hydrogens is 426 g/mol. The van der Waals surface area contributed by atoms with Crippen LogP contribution in [0.5, 0.6) is 5.75 Å². The van der Waals surface area contributed by atoms with Crippen LogP contribution in [0.4, 0.5) is 0 Å². The van der Waals surface area contributed by atoms with Gasteiger partial charge in [-0.2, -0.15) is 0 Å². The van der Waals surface area contributed by atoms with Crippen molar-refractivity contribution in [3.05, 3.63) is 51.6 Å². The Bertz CT molecular complexity index is 787. The van der Waals surface area contributed by atoms with Gasteiger partial charge in [0, 0.05) is 18.0 Å². The van der Waals surface area contributed by atoms with Crippen molar-refractivity contribution in [1.82, 2.24) is 0 Å². The molecular formula is C24H39NO6Si. The molecule has 8 heteroatoms. The first-order valence-electron chi connectivity index (χ1n) is 11.1. The molecule has 2 rings (SSSR count). The molecule has 180 valence electrons. The fourth-order valence-corrected chi connectivity index (χ4v) is 5.20. The lowest BCUT2D eigenvalue weighted by Gasteiger charge is -2.46. The molecule has 0 bridgehead atoms. The van der Waals surface area contributed by atoms with Crippen LogP contribution in [0.1, 0.15) is 39.7 Å². The van der Waals surface area contributed by atoms with Crippen molar-refractivity contribution >= 4 is 8.32 Å². The summed E-state index contributed by atoms with van der Waals surface area (Å²) < 4.78 is 24.0. The third-order valence-electron chi connectivity index (χ3n) is 6.80. The topological polar surface area (TPSA) is 80.1 Å². The number of methoxy groups -OCH3 is 2. The normalized spacial score (nSPS) is 22.9. The van der Waals surface area contributed by atoms with Gasteiger partial charge in [0.2, 0.25) is 6.54 Å². The summed E-state index contributed by atoms with van der Waals surface area (Å²) in [5.74, 6) is 0.511. The van der Waals surface area contributed by atoms with E-state index in [1.165, 1.54) is 7.11 Å². The smallest absolute Gasteiger partial charge is 0.230 e. The van der Waals surface area contributed by atoms with E-state index in [9.17, 15) is 10.1 Å². The summed E-state index contributed by atoms with van der Waals surface area (Å²) in [6.45, 7) is 13.1. The third kappa shape index (κ3) is 6.63. The Kier molecular flexibility index (Phi) is 9.04. The van der Waals surface area contributed by atoms with Crippen LogP contribution in [-0.2, 0) is 20.5 Å². The minimum Gasteiger partial charge on any atom is -0.497 e. The van der Waals surface area contributed by atoms with Crippen molar-refractivity contribution in [2.45, 2.75) is 77.2 Å². The Balaban J connectivity index is 2.32. The third-order valence-corrected chi connectivity index (χ3v) is 11.3. The molecule has 7 nitrogen and oxygen atoms in total. The summed E-state index contributed by atoms with van der Waals surface area (Å²) in [7, 11) is 1.06. The van der Waals surface area contributed by atoms with Gasteiger partial charge in [0.25, 0.3) is 0 Å². The lowest BCUT2D eigenvalue weighted by Crippen LogP contribution is -2.53. The number of ether oxygens (including phenoxy) is 3. The van der Waals surface area contributed by atoms with Crippen LogP contribution in [0.2, 0.25) is 18.1 Å². The molecule has 1 aliphatic carbocycles. The van der Waals surface area contributed by atoms with Gasteiger partial charge in [-0.15, -0.1) is 0 Å². The van der Waals surface area contributed by atoms with E-state index in [0.29, 0.717) is 13.0 Å². The molecule has 0 saturated heterocycles. The largest absolute Gasteiger partial charge is 0.497 e. The first kappa shape index (κ1) is 26.5. The molecule has 0 aliphatic heterocycles. The molecule has 32 heavy (non-hydrogen) atoms. The van der Waals surface area contributed by atoms with Crippen molar-refractivity contribution in [2.75, 3.05) is 20.8 Å². The SMILES string of the molecule is COc1ccc(CO[C@@H]2C(C)=CC[C@@H](O[Si](C)(C)C(C)(C)C)[C@@H]2[C@@H](C[N+](=O)[O-])OC)cc1. The van der Waals surface area contributed by atoms with E-state index in [1.54, 1.807) is 7.11 Å². The van der Waals surface area contributed by atoms with Crippen LogP contribution < -0.4 is 4.74 Å². The Labute approximate surface area is 193 Å². The van der Waals surface area contributed by atoms with Gasteiger partial charge in [-0.3, -0.25) is 10.1 Å². The highest BCUT2D eigenvalue weighted by molar-refractivity contribution is 6.74. The predicted octanol–water partition coefficient (Wildman–Crippen LogP) is 5.23. The Hall–Kier alpha value is -1.74. The fourth-order valence-electron chi connectivity index (χ4n) is 3.84. The van der Waals surface area contributed by atoms with Gasteiger partial charge < -0.3 is 18.6 Å². The molecule has 0 unspecified atom stereocenters. The zero-order valence-corrected chi connectivity index (χ0v) is 21.7. The van der Waals surface area contributed by atoms with Crippen molar-refractivity contribution in [2.24, 2.45) is 5.92 Å². The van der Waals surface area contributed by atoms with Crippen molar-refractivity contribution in [3.8, 4) is 5.75 Å². The van der Waals surface area contributed by atoms with Crippen molar-refractivity contribution in [1.29, 1.82) is 0 Å². The van der Waals surface area contributed by atoms with Gasteiger partial charge in [-0.05, 0) is 54.7 Å². The van der Waals surface area contributed by atoms with E-state index in [1.807, 2.05) is 31.2 Å². The number of benzene rings is 1. The lowest BCUT2D eigenvalue weighted by atomic mass is 9.80.